The third-order valence-corrected chi connectivity index (χ3v) is 3.51. The maximum atomic E-state index is 12.0. The Balaban J connectivity index is 1.90. The van der Waals surface area contributed by atoms with Gasteiger partial charge in [0.2, 0.25) is 5.76 Å². The van der Waals surface area contributed by atoms with Crippen molar-refractivity contribution in [1.29, 1.82) is 0 Å². The summed E-state index contributed by atoms with van der Waals surface area (Å²) < 4.78 is 4.90. The van der Waals surface area contributed by atoms with Gasteiger partial charge in [-0.25, -0.2) is 0 Å². The van der Waals surface area contributed by atoms with Crippen LogP contribution in [0.5, 0.6) is 0 Å². The Bertz CT molecular complexity index is 677. The molecule has 23 heavy (non-hydrogen) atoms. The van der Waals surface area contributed by atoms with Gasteiger partial charge in [0.1, 0.15) is 0 Å². The Morgan fingerprint density at radius 2 is 1.91 bits per heavy atom. The fourth-order valence-corrected chi connectivity index (χ4v) is 1.92. The molecule has 0 aliphatic heterocycles. The van der Waals surface area contributed by atoms with Crippen molar-refractivity contribution in [2.75, 3.05) is 0 Å². The lowest BCUT2D eigenvalue weighted by molar-refractivity contribution is 0.0911. The van der Waals surface area contributed by atoms with Crippen LogP contribution in [-0.4, -0.2) is 23.0 Å². The molecule has 2 amide bonds. The molecule has 1 atom stereocenters. The van der Waals surface area contributed by atoms with Crippen molar-refractivity contribution in [3.05, 3.63) is 52.9 Å². The lowest BCUT2D eigenvalue weighted by Gasteiger charge is -2.11. The van der Waals surface area contributed by atoms with E-state index >= 15 is 0 Å². The van der Waals surface area contributed by atoms with Crippen LogP contribution in [-0.2, 0) is 6.54 Å². The summed E-state index contributed by atoms with van der Waals surface area (Å²) >= 11 is 0. The van der Waals surface area contributed by atoms with Crippen LogP contribution in [0.15, 0.2) is 34.9 Å². The summed E-state index contributed by atoms with van der Waals surface area (Å²) in [5.74, 6) is -0.219. The molecule has 0 fully saturated rings. The molecule has 2 N–H and O–H groups in total. The van der Waals surface area contributed by atoms with Crippen LogP contribution >= 0.6 is 0 Å². The van der Waals surface area contributed by atoms with Gasteiger partial charge in [-0.15, -0.1) is 0 Å². The molecule has 2 aromatic rings. The lowest BCUT2D eigenvalue weighted by Crippen LogP contribution is -2.31. The third-order valence-electron chi connectivity index (χ3n) is 3.51. The first-order valence-corrected chi connectivity index (χ1v) is 7.61. The average molecular weight is 315 g/mol. The molecule has 1 heterocycles. The molecular weight excluding hydrogens is 294 g/mol. The van der Waals surface area contributed by atoms with Crippen molar-refractivity contribution in [3.63, 3.8) is 0 Å². The van der Waals surface area contributed by atoms with Crippen LogP contribution in [0.4, 0.5) is 0 Å². The smallest absolute Gasteiger partial charge is 0.290 e. The zero-order valence-corrected chi connectivity index (χ0v) is 13.6. The number of nitrogens with one attached hydrogen (secondary N) is 2. The highest BCUT2D eigenvalue weighted by Crippen LogP contribution is 2.07. The first kappa shape index (κ1) is 16.7. The van der Waals surface area contributed by atoms with Crippen molar-refractivity contribution in [2.24, 2.45) is 0 Å². The molecule has 122 valence electrons. The largest absolute Gasteiger partial charge is 0.351 e. The summed E-state index contributed by atoms with van der Waals surface area (Å²) in [5, 5.41) is 9.33. The molecule has 6 nitrogen and oxygen atoms in total. The number of nitrogens with zero attached hydrogens (tertiary/aromatic N) is 1. The molecule has 0 aliphatic rings. The van der Waals surface area contributed by atoms with E-state index < -0.39 is 0 Å². The van der Waals surface area contributed by atoms with Gasteiger partial charge >= 0.3 is 0 Å². The quantitative estimate of drug-likeness (QED) is 0.857. The second kappa shape index (κ2) is 7.58. The minimum atomic E-state index is -0.316. The number of rotatable bonds is 6. The second-order valence-corrected chi connectivity index (χ2v) is 5.49. The molecule has 6 heteroatoms. The Morgan fingerprint density at radius 3 is 2.48 bits per heavy atom. The predicted molar refractivity (Wildman–Crippen MR) is 86.1 cm³/mol. The standard InChI is InChI=1S/C17H21N3O3/c1-4-11(2)19-16(21)14-7-5-13(6-8-14)10-18-17(22)15-9-12(3)20-23-15/h5-9,11H,4,10H2,1-3H3,(H,18,22)(H,19,21)/t11-/m1/s1. The first-order valence-electron chi connectivity index (χ1n) is 7.61. The number of benzene rings is 1. The highest BCUT2D eigenvalue weighted by molar-refractivity contribution is 5.94. The number of hydrogen-bond acceptors (Lipinski definition) is 4. The van der Waals surface area contributed by atoms with Gasteiger partial charge in [-0.3, -0.25) is 9.59 Å². The highest BCUT2D eigenvalue weighted by Gasteiger charge is 2.11. The minimum Gasteiger partial charge on any atom is -0.351 e. The Labute approximate surface area is 135 Å². The van der Waals surface area contributed by atoms with Crippen molar-refractivity contribution < 1.29 is 14.1 Å². The van der Waals surface area contributed by atoms with Crippen molar-refractivity contribution in [3.8, 4) is 0 Å². The molecule has 0 aliphatic carbocycles. The molecule has 1 aromatic heterocycles. The van der Waals surface area contributed by atoms with Crippen molar-refractivity contribution >= 4 is 11.8 Å². The second-order valence-electron chi connectivity index (χ2n) is 5.49. The molecule has 0 bridgehead atoms. The summed E-state index contributed by atoms with van der Waals surface area (Å²) in [5.41, 5.74) is 2.16. The SMILES string of the molecule is CC[C@@H](C)NC(=O)c1ccc(CNC(=O)c2cc(C)no2)cc1. The molecule has 0 spiro atoms. The minimum absolute atomic E-state index is 0.0907. The van der Waals surface area contributed by atoms with E-state index in [1.165, 1.54) is 0 Å². The first-order chi connectivity index (χ1) is 11.0. The van der Waals surface area contributed by atoms with Crippen LogP contribution < -0.4 is 10.6 Å². The number of hydrogen-bond donors (Lipinski definition) is 2. The Morgan fingerprint density at radius 1 is 1.22 bits per heavy atom. The van der Waals surface area contributed by atoms with Crippen LogP contribution in [0.2, 0.25) is 0 Å². The van der Waals surface area contributed by atoms with Gasteiger partial charge in [-0.1, -0.05) is 24.2 Å². The molecule has 2 rings (SSSR count). The maximum absolute atomic E-state index is 12.0. The van der Waals surface area contributed by atoms with E-state index in [0.29, 0.717) is 17.8 Å². The number of carbonyl (C=O) groups is 2. The van der Waals surface area contributed by atoms with Gasteiger partial charge in [0.25, 0.3) is 11.8 Å². The normalized spacial score (nSPS) is 11.8. The molecule has 0 radical (unpaired) electrons. The fourth-order valence-electron chi connectivity index (χ4n) is 1.92. The third kappa shape index (κ3) is 4.67. The Hall–Kier alpha value is -2.63. The van der Waals surface area contributed by atoms with Crippen molar-refractivity contribution in [1.82, 2.24) is 15.8 Å². The van der Waals surface area contributed by atoms with E-state index in [-0.39, 0.29) is 23.6 Å². The summed E-state index contributed by atoms with van der Waals surface area (Å²) in [6.45, 7) is 6.09. The summed E-state index contributed by atoms with van der Waals surface area (Å²) in [7, 11) is 0. The van der Waals surface area contributed by atoms with Gasteiger partial charge in [0.15, 0.2) is 0 Å². The van der Waals surface area contributed by atoms with Crippen molar-refractivity contribution in [2.45, 2.75) is 39.8 Å². The number of amides is 2. The number of carbonyl (C=O) groups excluding carboxylic acids is 2. The highest BCUT2D eigenvalue weighted by atomic mass is 16.5. The summed E-state index contributed by atoms with van der Waals surface area (Å²) in [6.07, 6.45) is 0.886. The number of aryl methyl sites for hydroxylation is 1. The van der Waals surface area contributed by atoms with E-state index in [0.717, 1.165) is 12.0 Å². The Kier molecular flexibility index (Phi) is 5.51. The zero-order chi connectivity index (χ0) is 16.8. The monoisotopic (exact) mass is 315 g/mol. The van der Waals surface area contributed by atoms with Crippen LogP contribution in [0.1, 0.15) is 52.4 Å². The molecule has 0 unspecified atom stereocenters. The van der Waals surface area contributed by atoms with E-state index in [9.17, 15) is 9.59 Å². The summed E-state index contributed by atoms with van der Waals surface area (Å²) in [6, 6.07) is 8.86. The van der Waals surface area contributed by atoms with E-state index in [1.54, 1.807) is 25.1 Å². The number of aromatic nitrogens is 1. The zero-order valence-electron chi connectivity index (χ0n) is 13.6. The molecule has 0 saturated carbocycles. The predicted octanol–water partition coefficient (Wildman–Crippen LogP) is 2.44. The van der Waals surface area contributed by atoms with E-state index in [2.05, 4.69) is 15.8 Å². The average Bonchev–Trinajstić information content (AvgIpc) is 2.99. The van der Waals surface area contributed by atoms with Crippen LogP contribution in [0.3, 0.4) is 0 Å². The summed E-state index contributed by atoms with van der Waals surface area (Å²) in [4.78, 5) is 23.8. The van der Waals surface area contributed by atoms with Gasteiger partial charge in [-0.05, 0) is 38.0 Å². The maximum Gasteiger partial charge on any atom is 0.290 e. The molecular formula is C17H21N3O3. The molecule has 0 saturated heterocycles. The van der Waals surface area contributed by atoms with Gasteiger partial charge in [-0.2, -0.15) is 0 Å². The topological polar surface area (TPSA) is 84.2 Å². The van der Waals surface area contributed by atoms with E-state index in [1.807, 2.05) is 26.0 Å². The fraction of sp³-hybridized carbons (Fsp3) is 0.353. The van der Waals surface area contributed by atoms with Gasteiger partial charge in [0, 0.05) is 24.2 Å². The van der Waals surface area contributed by atoms with Crippen LogP contribution in [0.25, 0.3) is 0 Å². The van der Waals surface area contributed by atoms with Gasteiger partial charge in [0.05, 0.1) is 5.69 Å². The van der Waals surface area contributed by atoms with Gasteiger partial charge < -0.3 is 15.2 Å². The molecule has 1 aromatic carbocycles. The lowest BCUT2D eigenvalue weighted by atomic mass is 10.1. The van der Waals surface area contributed by atoms with E-state index in [4.69, 9.17) is 4.52 Å². The van der Waals surface area contributed by atoms with Crippen LogP contribution in [0, 0.1) is 6.92 Å².